The zero-order chi connectivity index (χ0) is 14.9. The Labute approximate surface area is 118 Å². The predicted molar refractivity (Wildman–Crippen MR) is 73.4 cm³/mol. The number of methoxy groups -OCH3 is 1. The highest BCUT2D eigenvalue weighted by atomic mass is 32.2. The van der Waals surface area contributed by atoms with Crippen molar-refractivity contribution >= 4 is 16.0 Å². The normalized spacial score (nSPS) is 23.8. The van der Waals surface area contributed by atoms with Crippen molar-refractivity contribution in [3.63, 3.8) is 0 Å². The molecule has 1 aliphatic heterocycles. The van der Waals surface area contributed by atoms with E-state index in [1.807, 2.05) is 6.92 Å². The van der Waals surface area contributed by atoms with E-state index in [-0.39, 0.29) is 18.0 Å². The van der Waals surface area contributed by atoms with Crippen molar-refractivity contribution in [2.75, 3.05) is 20.2 Å². The molecule has 1 aromatic rings. The van der Waals surface area contributed by atoms with Gasteiger partial charge in [0.1, 0.15) is 0 Å². The van der Waals surface area contributed by atoms with Gasteiger partial charge in [0.25, 0.3) is 0 Å². The Morgan fingerprint density at radius 3 is 2.45 bits per heavy atom. The second kappa shape index (κ2) is 5.51. The summed E-state index contributed by atoms with van der Waals surface area (Å²) in [6.07, 6.45) is 0. The van der Waals surface area contributed by atoms with Gasteiger partial charge in [-0.1, -0.05) is 17.7 Å². The van der Waals surface area contributed by atoms with Gasteiger partial charge in [-0.25, -0.2) is 8.42 Å². The van der Waals surface area contributed by atoms with Gasteiger partial charge in [0.15, 0.2) is 0 Å². The third-order valence-electron chi connectivity index (χ3n) is 3.49. The van der Waals surface area contributed by atoms with Crippen LogP contribution in [0.15, 0.2) is 29.2 Å². The van der Waals surface area contributed by atoms with Crippen molar-refractivity contribution in [2.45, 2.75) is 17.9 Å². The van der Waals surface area contributed by atoms with Crippen LogP contribution >= 0.6 is 0 Å². The number of nitrogens with zero attached hydrogens (tertiary/aromatic N) is 1. The summed E-state index contributed by atoms with van der Waals surface area (Å²) in [5, 5.41) is 0. The first-order valence-electron chi connectivity index (χ1n) is 6.26. The number of ether oxygens (including phenoxy) is 1. The average molecular weight is 298 g/mol. The van der Waals surface area contributed by atoms with Gasteiger partial charge in [-0.3, -0.25) is 4.79 Å². The molecule has 2 unspecified atom stereocenters. The van der Waals surface area contributed by atoms with Gasteiger partial charge in [0.2, 0.25) is 10.0 Å². The monoisotopic (exact) mass is 298 g/mol. The third kappa shape index (κ3) is 2.70. The van der Waals surface area contributed by atoms with E-state index in [4.69, 9.17) is 5.73 Å². The molecule has 0 bridgehead atoms. The topological polar surface area (TPSA) is 89.7 Å². The number of aryl methyl sites for hydroxylation is 1. The van der Waals surface area contributed by atoms with Crippen LogP contribution in [0.1, 0.15) is 5.56 Å². The van der Waals surface area contributed by atoms with E-state index in [9.17, 15) is 13.2 Å². The van der Waals surface area contributed by atoms with Crippen LogP contribution in [0, 0.1) is 12.8 Å². The quantitative estimate of drug-likeness (QED) is 0.800. The molecule has 1 heterocycles. The summed E-state index contributed by atoms with van der Waals surface area (Å²) < 4.78 is 30.8. The standard InChI is InChI=1S/C13H18N2O4S/c1-9-3-5-10(6-4-9)20(17,18)15-7-11(12(14)8-15)13(16)19-2/h3-6,11-12H,7-8,14H2,1-2H3. The largest absolute Gasteiger partial charge is 0.469 e. The smallest absolute Gasteiger partial charge is 0.311 e. The molecular formula is C13H18N2O4S. The Kier molecular flexibility index (Phi) is 4.12. The first kappa shape index (κ1) is 15.0. The van der Waals surface area contributed by atoms with Crippen LogP contribution in [-0.4, -0.2) is 44.9 Å². The molecule has 2 N–H and O–H groups in total. The molecule has 0 amide bonds. The molecule has 0 saturated carbocycles. The van der Waals surface area contributed by atoms with Crippen LogP contribution in [0.5, 0.6) is 0 Å². The summed E-state index contributed by atoms with van der Waals surface area (Å²) >= 11 is 0. The zero-order valence-electron chi connectivity index (χ0n) is 11.4. The molecule has 1 aromatic carbocycles. The maximum Gasteiger partial charge on any atom is 0.311 e. The fourth-order valence-electron chi connectivity index (χ4n) is 2.25. The van der Waals surface area contributed by atoms with E-state index in [2.05, 4.69) is 4.74 Å². The van der Waals surface area contributed by atoms with Gasteiger partial charge < -0.3 is 10.5 Å². The highest BCUT2D eigenvalue weighted by Gasteiger charge is 2.41. The molecule has 1 saturated heterocycles. The summed E-state index contributed by atoms with van der Waals surface area (Å²) in [5.74, 6) is -1.08. The van der Waals surface area contributed by atoms with Crippen molar-refractivity contribution in [3.05, 3.63) is 29.8 Å². The average Bonchev–Trinajstić information content (AvgIpc) is 2.81. The van der Waals surface area contributed by atoms with Crippen molar-refractivity contribution < 1.29 is 17.9 Å². The molecule has 7 heteroatoms. The first-order chi connectivity index (χ1) is 9.36. The summed E-state index contributed by atoms with van der Waals surface area (Å²) in [4.78, 5) is 11.8. The summed E-state index contributed by atoms with van der Waals surface area (Å²) in [6.45, 7) is 2.06. The minimum Gasteiger partial charge on any atom is -0.469 e. The predicted octanol–water partition coefficient (Wildman–Crippen LogP) is 0.116. The van der Waals surface area contributed by atoms with E-state index in [0.29, 0.717) is 0 Å². The van der Waals surface area contributed by atoms with E-state index in [0.717, 1.165) is 5.56 Å². The molecule has 110 valence electrons. The number of nitrogens with two attached hydrogens (primary N) is 1. The van der Waals surface area contributed by atoms with Crippen molar-refractivity contribution in [1.29, 1.82) is 0 Å². The van der Waals surface area contributed by atoms with Crippen LogP contribution in [0.4, 0.5) is 0 Å². The number of benzene rings is 1. The highest BCUT2D eigenvalue weighted by Crippen LogP contribution is 2.24. The molecule has 0 aliphatic carbocycles. The van der Waals surface area contributed by atoms with Gasteiger partial charge >= 0.3 is 5.97 Å². The number of hydrogen-bond donors (Lipinski definition) is 1. The Morgan fingerprint density at radius 1 is 1.30 bits per heavy atom. The Bertz CT molecular complexity index is 597. The van der Waals surface area contributed by atoms with Gasteiger partial charge in [-0.15, -0.1) is 0 Å². The molecule has 1 aliphatic rings. The lowest BCUT2D eigenvalue weighted by Gasteiger charge is -2.16. The van der Waals surface area contributed by atoms with Crippen LogP contribution in [-0.2, 0) is 19.6 Å². The van der Waals surface area contributed by atoms with Crippen molar-refractivity contribution in [3.8, 4) is 0 Å². The molecule has 20 heavy (non-hydrogen) atoms. The Balaban J connectivity index is 2.24. The number of sulfonamides is 1. The molecule has 0 aromatic heterocycles. The van der Waals surface area contributed by atoms with Crippen LogP contribution in [0.3, 0.4) is 0 Å². The number of carbonyl (C=O) groups is 1. The fourth-order valence-corrected chi connectivity index (χ4v) is 3.75. The Hall–Kier alpha value is -1.44. The molecule has 6 nitrogen and oxygen atoms in total. The molecular weight excluding hydrogens is 280 g/mol. The lowest BCUT2D eigenvalue weighted by molar-refractivity contribution is -0.145. The van der Waals surface area contributed by atoms with E-state index in [1.165, 1.54) is 11.4 Å². The maximum atomic E-state index is 12.5. The number of carbonyl (C=O) groups excluding carboxylic acids is 1. The summed E-state index contributed by atoms with van der Waals surface area (Å²) in [5.41, 5.74) is 6.82. The van der Waals surface area contributed by atoms with Crippen molar-refractivity contribution in [1.82, 2.24) is 4.31 Å². The van der Waals surface area contributed by atoms with E-state index >= 15 is 0 Å². The van der Waals surface area contributed by atoms with Crippen LogP contribution in [0.25, 0.3) is 0 Å². The minimum atomic E-state index is -3.62. The lowest BCUT2D eigenvalue weighted by Crippen LogP contribution is -2.34. The molecule has 1 fully saturated rings. The highest BCUT2D eigenvalue weighted by molar-refractivity contribution is 7.89. The molecule has 2 atom stereocenters. The van der Waals surface area contributed by atoms with Gasteiger partial charge in [-0.05, 0) is 19.1 Å². The molecule has 2 rings (SSSR count). The minimum absolute atomic E-state index is 0.0596. The number of esters is 1. The first-order valence-corrected chi connectivity index (χ1v) is 7.70. The summed E-state index contributed by atoms with van der Waals surface area (Å²) in [6, 6.07) is 6.05. The zero-order valence-corrected chi connectivity index (χ0v) is 12.3. The second-order valence-corrected chi connectivity index (χ2v) is 6.87. The fraction of sp³-hybridized carbons (Fsp3) is 0.462. The SMILES string of the molecule is COC(=O)C1CN(S(=O)(=O)c2ccc(C)cc2)CC1N. The van der Waals surface area contributed by atoms with Gasteiger partial charge in [-0.2, -0.15) is 4.31 Å². The maximum absolute atomic E-state index is 12.5. The molecule has 0 spiro atoms. The van der Waals surface area contributed by atoms with Crippen molar-refractivity contribution in [2.24, 2.45) is 11.7 Å². The van der Waals surface area contributed by atoms with Gasteiger partial charge in [0.05, 0.1) is 17.9 Å². The van der Waals surface area contributed by atoms with E-state index < -0.39 is 28.0 Å². The Morgan fingerprint density at radius 2 is 1.90 bits per heavy atom. The third-order valence-corrected chi connectivity index (χ3v) is 5.34. The lowest BCUT2D eigenvalue weighted by atomic mass is 10.1. The number of rotatable bonds is 3. The second-order valence-electron chi connectivity index (χ2n) is 4.93. The summed E-state index contributed by atoms with van der Waals surface area (Å²) in [7, 11) is -2.35. The number of hydrogen-bond acceptors (Lipinski definition) is 5. The van der Waals surface area contributed by atoms with Crippen LogP contribution < -0.4 is 5.73 Å². The van der Waals surface area contributed by atoms with E-state index in [1.54, 1.807) is 24.3 Å². The molecule has 0 radical (unpaired) electrons. The van der Waals surface area contributed by atoms with Gasteiger partial charge in [0, 0.05) is 19.1 Å². The van der Waals surface area contributed by atoms with Crippen LogP contribution in [0.2, 0.25) is 0 Å².